The highest BCUT2D eigenvalue weighted by Gasteiger charge is 2.22. The molecule has 0 unspecified atom stereocenters. The highest BCUT2D eigenvalue weighted by molar-refractivity contribution is 6.20. The number of nitrogens with zero attached hydrogens (tertiary/aromatic N) is 1. The fraction of sp³-hybridized carbons (Fsp3) is 0.636. The molecule has 1 fully saturated rings. The van der Waals surface area contributed by atoms with Gasteiger partial charge in [-0.2, -0.15) is 0 Å². The summed E-state index contributed by atoms with van der Waals surface area (Å²) in [6.07, 6.45) is 3.81. The van der Waals surface area contributed by atoms with E-state index in [-0.39, 0.29) is 17.3 Å². The molecule has 0 radical (unpaired) electrons. The van der Waals surface area contributed by atoms with Crippen molar-refractivity contribution in [2.45, 2.75) is 44.0 Å². The van der Waals surface area contributed by atoms with Crippen LogP contribution in [0.3, 0.4) is 0 Å². The molecule has 1 saturated carbocycles. The normalized spacial score (nSPS) is 25.4. The summed E-state index contributed by atoms with van der Waals surface area (Å²) in [4.78, 5) is 11.7. The molecular weight excluding hydrogens is 228 g/mol. The van der Waals surface area contributed by atoms with E-state index in [1.165, 1.54) is 0 Å². The van der Waals surface area contributed by atoms with Gasteiger partial charge in [-0.15, -0.1) is 11.6 Å². The van der Waals surface area contributed by atoms with E-state index in [1.54, 1.807) is 13.0 Å². The van der Waals surface area contributed by atoms with Crippen LogP contribution in [-0.4, -0.2) is 22.5 Å². The molecule has 0 aromatic carbocycles. The van der Waals surface area contributed by atoms with Crippen molar-refractivity contribution in [3.05, 3.63) is 17.5 Å². The first-order valence-electron chi connectivity index (χ1n) is 5.53. The number of carbonyl (C=O) groups is 1. The first-order valence-corrected chi connectivity index (χ1v) is 5.97. The number of nitrogens with one attached hydrogen (secondary N) is 1. The lowest BCUT2D eigenvalue weighted by molar-refractivity contribution is 0.0918. The molecule has 16 heavy (non-hydrogen) atoms. The van der Waals surface area contributed by atoms with Gasteiger partial charge in [0.1, 0.15) is 5.76 Å². The molecule has 1 amide bonds. The number of hydrogen-bond acceptors (Lipinski definition) is 3. The Labute approximate surface area is 99.3 Å². The molecule has 2 rings (SSSR count). The summed E-state index contributed by atoms with van der Waals surface area (Å²) in [5.41, 5.74) is 0.352. The lowest BCUT2D eigenvalue weighted by Gasteiger charge is -2.25. The zero-order valence-corrected chi connectivity index (χ0v) is 9.96. The molecule has 0 aliphatic heterocycles. The van der Waals surface area contributed by atoms with E-state index in [0.29, 0.717) is 11.5 Å². The van der Waals surface area contributed by atoms with Crippen molar-refractivity contribution >= 4 is 17.5 Å². The smallest absolute Gasteiger partial charge is 0.273 e. The number of carbonyl (C=O) groups excluding carboxylic acids is 1. The number of alkyl halides is 1. The van der Waals surface area contributed by atoms with E-state index in [4.69, 9.17) is 16.1 Å². The van der Waals surface area contributed by atoms with Crippen molar-refractivity contribution in [2.75, 3.05) is 0 Å². The van der Waals surface area contributed by atoms with E-state index in [9.17, 15) is 4.79 Å². The molecule has 88 valence electrons. The quantitative estimate of drug-likeness (QED) is 0.810. The highest BCUT2D eigenvalue weighted by atomic mass is 35.5. The van der Waals surface area contributed by atoms with Gasteiger partial charge in [0.2, 0.25) is 0 Å². The molecule has 1 aliphatic carbocycles. The van der Waals surface area contributed by atoms with Crippen molar-refractivity contribution in [3.8, 4) is 0 Å². The molecule has 0 atom stereocenters. The van der Waals surface area contributed by atoms with Gasteiger partial charge in [-0.3, -0.25) is 4.79 Å². The summed E-state index contributed by atoms with van der Waals surface area (Å²) >= 11 is 6.00. The number of hydrogen-bond donors (Lipinski definition) is 1. The molecular formula is C11H15ClN2O2. The molecule has 0 spiro atoms. The minimum atomic E-state index is -0.158. The Bertz CT molecular complexity index is 370. The zero-order valence-electron chi connectivity index (χ0n) is 9.20. The summed E-state index contributed by atoms with van der Waals surface area (Å²) in [6.45, 7) is 1.77. The van der Waals surface area contributed by atoms with Gasteiger partial charge in [0.05, 0.1) is 0 Å². The second-order valence-electron chi connectivity index (χ2n) is 4.25. The Morgan fingerprint density at radius 1 is 1.50 bits per heavy atom. The van der Waals surface area contributed by atoms with E-state index >= 15 is 0 Å². The van der Waals surface area contributed by atoms with Crippen molar-refractivity contribution in [1.82, 2.24) is 10.5 Å². The Morgan fingerprint density at radius 3 is 2.75 bits per heavy atom. The molecule has 1 aromatic rings. The lowest BCUT2D eigenvalue weighted by Crippen LogP contribution is -2.37. The van der Waals surface area contributed by atoms with Gasteiger partial charge in [-0.1, -0.05) is 5.16 Å². The first-order chi connectivity index (χ1) is 7.65. The predicted octanol–water partition coefficient (Wildman–Crippen LogP) is 2.26. The van der Waals surface area contributed by atoms with Crippen LogP contribution in [0.2, 0.25) is 0 Å². The molecule has 1 heterocycles. The monoisotopic (exact) mass is 242 g/mol. The average Bonchev–Trinajstić information content (AvgIpc) is 2.68. The van der Waals surface area contributed by atoms with Gasteiger partial charge in [0, 0.05) is 17.5 Å². The average molecular weight is 243 g/mol. The maximum Gasteiger partial charge on any atom is 0.273 e. The lowest BCUT2D eigenvalue weighted by atomic mass is 9.95. The second kappa shape index (κ2) is 4.87. The van der Waals surface area contributed by atoms with Gasteiger partial charge in [0.25, 0.3) is 5.91 Å². The third-order valence-corrected chi connectivity index (χ3v) is 3.29. The van der Waals surface area contributed by atoms with E-state index < -0.39 is 0 Å². The topological polar surface area (TPSA) is 55.1 Å². The maximum atomic E-state index is 11.7. The van der Waals surface area contributed by atoms with Crippen molar-refractivity contribution < 1.29 is 9.32 Å². The number of amides is 1. The van der Waals surface area contributed by atoms with Crippen molar-refractivity contribution in [1.29, 1.82) is 0 Å². The standard InChI is InChI=1S/C11H15ClN2O2/c1-7-6-10(14-16-7)11(15)13-9-4-2-8(12)3-5-9/h6,8-9H,2-5H2,1H3,(H,13,15). The number of halogens is 1. The number of aryl methyl sites for hydroxylation is 1. The van der Waals surface area contributed by atoms with Gasteiger partial charge in [-0.25, -0.2) is 0 Å². The minimum absolute atomic E-state index is 0.158. The predicted molar refractivity (Wildman–Crippen MR) is 60.6 cm³/mol. The second-order valence-corrected chi connectivity index (χ2v) is 4.86. The largest absolute Gasteiger partial charge is 0.361 e. The molecule has 1 N–H and O–H groups in total. The van der Waals surface area contributed by atoms with Crippen LogP contribution < -0.4 is 5.32 Å². The van der Waals surface area contributed by atoms with Gasteiger partial charge < -0.3 is 9.84 Å². The SMILES string of the molecule is Cc1cc(C(=O)NC2CCC(Cl)CC2)no1. The molecule has 5 heteroatoms. The molecule has 1 aliphatic rings. The summed E-state index contributed by atoms with van der Waals surface area (Å²) in [5, 5.41) is 6.90. The van der Waals surface area contributed by atoms with E-state index in [2.05, 4.69) is 10.5 Å². The third-order valence-electron chi connectivity index (χ3n) is 2.85. The van der Waals surface area contributed by atoms with Crippen LogP contribution in [-0.2, 0) is 0 Å². The molecule has 0 saturated heterocycles. The molecule has 0 bridgehead atoms. The Morgan fingerprint density at radius 2 is 2.19 bits per heavy atom. The fourth-order valence-electron chi connectivity index (χ4n) is 1.93. The number of aromatic nitrogens is 1. The Balaban J connectivity index is 1.88. The van der Waals surface area contributed by atoms with Crippen molar-refractivity contribution in [2.24, 2.45) is 0 Å². The van der Waals surface area contributed by atoms with Gasteiger partial charge in [-0.05, 0) is 32.6 Å². The van der Waals surface area contributed by atoms with Crippen LogP contribution in [0.1, 0.15) is 41.9 Å². The van der Waals surface area contributed by atoms with Gasteiger partial charge in [0.15, 0.2) is 5.69 Å². The van der Waals surface area contributed by atoms with Crippen LogP contribution in [0.15, 0.2) is 10.6 Å². The van der Waals surface area contributed by atoms with Crippen LogP contribution in [0, 0.1) is 6.92 Å². The van der Waals surface area contributed by atoms with Crippen LogP contribution >= 0.6 is 11.6 Å². The van der Waals surface area contributed by atoms with E-state index in [1.807, 2.05) is 0 Å². The zero-order chi connectivity index (χ0) is 11.5. The summed E-state index contributed by atoms with van der Waals surface area (Å²) in [6, 6.07) is 1.86. The van der Waals surface area contributed by atoms with Gasteiger partial charge >= 0.3 is 0 Å². The molecule has 1 aromatic heterocycles. The number of rotatable bonds is 2. The van der Waals surface area contributed by atoms with Crippen molar-refractivity contribution in [3.63, 3.8) is 0 Å². The highest BCUT2D eigenvalue weighted by Crippen LogP contribution is 2.22. The maximum absolute atomic E-state index is 11.7. The summed E-state index contributed by atoms with van der Waals surface area (Å²) in [5.74, 6) is 0.490. The summed E-state index contributed by atoms with van der Waals surface area (Å²) in [7, 11) is 0. The van der Waals surface area contributed by atoms with Crippen LogP contribution in [0.25, 0.3) is 0 Å². The summed E-state index contributed by atoms with van der Waals surface area (Å²) < 4.78 is 4.86. The fourth-order valence-corrected chi connectivity index (χ4v) is 2.18. The minimum Gasteiger partial charge on any atom is -0.361 e. The third kappa shape index (κ3) is 2.76. The Kier molecular flexibility index (Phi) is 3.49. The van der Waals surface area contributed by atoms with Crippen LogP contribution in [0.5, 0.6) is 0 Å². The first kappa shape index (κ1) is 11.5. The molecule has 4 nitrogen and oxygen atoms in total. The van der Waals surface area contributed by atoms with E-state index in [0.717, 1.165) is 25.7 Å². The Hall–Kier alpha value is -1.03. The van der Waals surface area contributed by atoms with Crippen LogP contribution in [0.4, 0.5) is 0 Å².